The minimum absolute atomic E-state index is 0. The Labute approximate surface area is 169 Å². The summed E-state index contributed by atoms with van der Waals surface area (Å²) < 4.78 is 0. The van der Waals surface area contributed by atoms with Crippen LogP contribution in [0, 0.1) is 20.8 Å². The van der Waals surface area contributed by atoms with Crippen LogP contribution in [-0.2, 0) is 6.42 Å². The van der Waals surface area contributed by atoms with Gasteiger partial charge in [0, 0.05) is 38.4 Å². The molecule has 1 aliphatic rings. The molecule has 0 unspecified atom stereocenters. The summed E-state index contributed by atoms with van der Waals surface area (Å²) >= 11 is 0. The third kappa shape index (κ3) is 5.39. The first-order valence-electron chi connectivity index (χ1n) is 9.44. The number of benzene rings is 2. The fraction of sp³-hybridized carbons (Fsp3) is 0.409. The molecule has 4 nitrogen and oxygen atoms in total. The third-order valence-corrected chi connectivity index (χ3v) is 5.26. The van der Waals surface area contributed by atoms with E-state index >= 15 is 0 Å². The molecule has 5 heteroatoms. The SMILES string of the molecule is Cc1cccc(CCNC(=O)N2CCN(c3cccc(C)c3C)CC2)c1.Cl. The number of aryl methyl sites for hydroxylation is 2. The molecule has 2 amide bonds. The summed E-state index contributed by atoms with van der Waals surface area (Å²) in [6.45, 7) is 10.4. The average molecular weight is 388 g/mol. The molecule has 146 valence electrons. The molecule has 0 radical (unpaired) electrons. The molecule has 1 aliphatic heterocycles. The lowest BCUT2D eigenvalue weighted by Crippen LogP contribution is -2.52. The van der Waals surface area contributed by atoms with E-state index in [0.717, 1.165) is 32.6 Å². The monoisotopic (exact) mass is 387 g/mol. The zero-order chi connectivity index (χ0) is 18.5. The minimum Gasteiger partial charge on any atom is -0.368 e. The molecule has 0 atom stereocenters. The summed E-state index contributed by atoms with van der Waals surface area (Å²) in [5.41, 5.74) is 6.48. The van der Waals surface area contributed by atoms with Crippen LogP contribution in [0.15, 0.2) is 42.5 Å². The van der Waals surface area contributed by atoms with Crippen LogP contribution >= 0.6 is 12.4 Å². The van der Waals surface area contributed by atoms with Gasteiger partial charge in [0.15, 0.2) is 0 Å². The van der Waals surface area contributed by atoms with Gasteiger partial charge in [-0.05, 0) is 49.9 Å². The maximum absolute atomic E-state index is 12.4. The highest BCUT2D eigenvalue weighted by Gasteiger charge is 2.22. The van der Waals surface area contributed by atoms with Gasteiger partial charge >= 0.3 is 6.03 Å². The van der Waals surface area contributed by atoms with Crippen LogP contribution in [0.2, 0.25) is 0 Å². The summed E-state index contributed by atoms with van der Waals surface area (Å²) in [5.74, 6) is 0. The first-order valence-corrected chi connectivity index (χ1v) is 9.44. The molecule has 2 aromatic carbocycles. The summed E-state index contributed by atoms with van der Waals surface area (Å²) in [5, 5.41) is 3.06. The summed E-state index contributed by atoms with van der Waals surface area (Å²) in [6.07, 6.45) is 0.871. The first-order chi connectivity index (χ1) is 12.5. The van der Waals surface area contributed by atoms with E-state index in [4.69, 9.17) is 0 Å². The standard InChI is InChI=1S/C22H29N3O.ClH/c1-17-6-4-8-20(16-17)10-11-23-22(26)25-14-12-24(13-15-25)21-9-5-7-18(2)19(21)3;/h4-9,16H,10-15H2,1-3H3,(H,23,26);1H. The van der Waals surface area contributed by atoms with Gasteiger partial charge in [0.25, 0.3) is 0 Å². The number of nitrogens with zero attached hydrogens (tertiary/aromatic N) is 2. The predicted molar refractivity (Wildman–Crippen MR) is 115 cm³/mol. The second-order valence-electron chi connectivity index (χ2n) is 7.16. The van der Waals surface area contributed by atoms with Gasteiger partial charge in [0.2, 0.25) is 0 Å². The number of hydrogen-bond acceptors (Lipinski definition) is 2. The van der Waals surface area contributed by atoms with Crippen LogP contribution in [0.5, 0.6) is 0 Å². The maximum Gasteiger partial charge on any atom is 0.317 e. The second-order valence-corrected chi connectivity index (χ2v) is 7.16. The van der Waals surface area contributed by atoms with Gasteiger partial charge in [-0.2, -0.15) is 0 Å². The minimum atomic E-state index is 0. The highest BCUT2D eigenvalue weighted by atomic mass is 35.5. The van der Waals surface area contributed by atoms with Gasteiger partial charge in [-0.25, -0.2) is 4.79 Å². The number of carbonyl (C=O) groups excluding carboxylic acids is 1. The quantitative estimate of drug-likeness (QED) is 0.856. The lowest BCUT2D eigenvalue weighted by atomic mass is 10.1. The van der Waals surface area contributed by atoms with Crippen molar-refractivity contribution in [3.8, 4) is 0 Å². The van der Waals surface area contributed by atoms with Crippen LogP contribution in [0.3, 0.4) is 0 Å². The van der Waals surface area contributed by atoms with E-state index < -0.39 is 0 Å². The molecule has 1 fully saturated rings. The van der Waals surface area contributed by atoms with Crippen molar-refractivity contribution in [3.05, 3.63) is 64.7 Å². The molecule has 3 rings (SSSR count). The average Bonchev–Trinajstić information content (AvgIpc) is 2.64. The van der Waals surface area contributed by atoms with Gasteiger partial charge in [-0.3, -0.25) is 0 Å². The Morgan fingerprint density at radius 2 is 1.70 bits per heavy atom. The van der Waals surface area contributed by atoms with Crippen LogP contribution in [0.4, 0.5) is 10.5 Å². The van der Waals surface area contributed by atoms with Gasteiger partial charge in [-0.15, -0.1) is 12.4 Å². The third-order valence-electron chi connectivity index (χ3n) is 5.26. The van der Waals surface area contributed by atoms with Crippen molar-refractivity contribution in [1.29, 1.82) is 0 Å². The van der Waals surface area contributed by atoms with Crippen LogP contribution in [-0.4, -0.2) is 43.7 Å². The van der Waals surface area contributed by atoms with E-state index in [1.165, 1.54) is 27.9 Å². The number of piperazine rings is 1. The normalized spacial score (nSPS) is 13.9. The molecular weight excluding hydrogens is 358 g/mol. The van der Waals surface area contributed by atoms with Gasteiger partial charge in [0.1, 0.15) is 0 Å². The summed E-state index contributed by atoms with van der Waals surface area (Å²) in [6, 6.07) is 14.9. The number of urea groups is 1. The van der Waals surface area contributed by atoms with Gasteiger partial charge < -0.3 is 15.1 Å². The highest BCUT2D eigenvalue weighted by Crippen LogP contribution is 2.23. The molecule has 27 heavy (non-hydrogen) atoms. The molecule has 0 spiro atoms. The number of hydrogen-bond donors (Lipinski definition) is 1. The number of nitrogens with one attached hydrogen (secondary N) is 1. The number of amides is 2. The van der Waals surface area contributed by atoms with Crippen LogP contribution < -0.4 is 10.2 Å². The summed E-state index contributed by atoms with van der Waals surface area (Å²) in [7, 11) is 0. The second kappa shape index (κ2) is 9.65. The molecule has 2 aromatic rings. The van der Waals surface area contributed by atoms with E-state index in [0.29, 0.717) is 6.54 Å². The summed E-state index contributed by atoms with van der Waals surface area (Å²) in [4.78, 5) is 16.7. The molecule has 1 saturated heterocycles. The lowest BCUT2D eigenvalue weighted by molar-refractivity contribution is 0.194. The Morgan fingerprint density at radius 1 is 1.00 bits per heavy atom. The fourth-order valence-corrected chi connectivity index (χ4v) is 3.52. The first kappa shape index (κ1) is 21.1. The van der Waals surface area contributed by atoms with Crippen molar-refractivity contribution >= 4 is 24.1 Å². The van der Waals surface area contributed by atoms with Crippen molar-refractivity contribution in [3.63, 3.8) is 0 Å². The Hall–Kier alpha value is -2.20. The molecule has 0 saturated carbocycles. The van der Waals surface area contributed by atoms with Crippen molar-refractivity contribution < 1.29 is 4.79 Å². The van der Waals surface area contributed by atoms with Gasteiger partial charge in [0.05, 0.1) is 0 Å². The molecule has 0 aromatic heterocycles. The lowest BCUT2D eigenvalue weighted by Gasteiger charge is -2.37. The van der Waals surface area contributed by atoms with Crippen molar-refractivity contribution in [2.45, 2.75) is 27.2 Å². The maximum atomic E-state index is 12.4. The fourth-order valence-electron chi connectivity index (χ4n) is 3.52. The Kier molecular flexibility index (Phi) is 7.55. The molecular formula is C22H30ClN3O. The topological polar surface area (TPSA) is 35.6 Å². The highest BCUT2D eigenvalue weighted by molar-refractivity contribution is 5.85. The Balaban J connectivity index is 0.00000261. The molecule has 1 N–H and O–H groups in total. The van der Waals surface area contributed by atoms with E-state index in [-0.39, 0.29) is 18.4 Å². The van der Waals surface area contributed by atoms with Crippen molar-refractivity contribution in [2.24, 2.45) is 0 Å². The molecule has 0 bridgehead atoms. The Morgan fingerprint density at radius 3 is 2.41 bits per heavy atom. The van der Waals surface area contributed by atoms with E-state index in [2.05, 4.69) is 73.5 Å². The van der Waals surface area contributed by atoms with Crippen molar-refractivity contribution in [2.75, 3.05) is 37.6 Å². The molecule has 0 aliphatic carbocycles. The Bertz CT molecular complexity index is 770. The zero-order valence-corrected chi connectivity index (χ0v) is 17.3. The van der Waals surface area contributed by atoms with E-state index in [1.807, 2.05) is 4.90 Å². The zero-order valence-electron chi connectivity index (χ0n) is 16.5. The number of anilines is 1. The van der Waals surface area contributed by atoms with E-state index in [1.54, 1.807) is 0 Å². The van der Waals surface area contributed by atoms with Crippen LogP contribution in [0.1, 0.15) is 22.3 Å². The predicted octanol–water partition coefficient (Wildman–Crippen LogP) is 4.11. The van der Waals surface area contributed by atoms with Crippen LogP contribution in [0.25, 0.3) is 0 Å². The van der Waals surface area contributed by atoms with Gasteiger partial charge in [-0.1, -0.05) is 42.0 Å². The smallest absolute Gasteiger partial charge is 0.317 e. The van der Waals surface area contributed by atoms with E-state index in [9.17, 15) is 4.79 Å². The number of carbonyl (C=O) groups is 1. The molecule has 1 heterocycles. The number of halogens is 1. The largest absolute Gasteiger partial charge is 0.368 e. The van der Waals surface area contributed by atoms with Crippen molar-refractivity contribution in [1.82, 2.24) is 10.2 Å². The number of rotatable bonds is 4.